The Morgan fingerprint density at radius 1 is 0.951 bits per heavy atom. The minimum absolute atomic E-state index is 0. The van der Waals surface area contributed by atoms with E-state index in [4.69, 9.17) is 9.78 Å². The molecule has 1 aromatic heterocycles. The number of carbonyl (C=O) groups is 3. The Hall–Kier alpha value is -4.41. The Bertz CT molecular complexity index is 1580. The average Bonchev–Trinajstić information content (AvgIpc) is 3.74. The predicted octanol–water partition coefficient (Wildman–Crippen LogP) is 6.85. The normalized spacial score (nSPS) is 12.5. The summed E-state index contributed by atoms with van der Waals surface area (Å²) in [4.78, 5) is 49.9. The van der Waals surface area contributed by atoms with Gasteiger partial charge in [0.1, 0.15) is 5.82 Å². The molecule has 214 valence electrons. The van der Waals surface area contributed by atoms with Crippen molar-refractivity contribution in [1.29, 1.82) is 0 Å². The third kappa shape index (κ3) is 6.85. The van der Waals surface area contributed by atoms with Crippen LogP contribution >= 0.6 is 12.4 Å². The number of anilines is 2. The number of halogens is 2. The lowest BCUT2D eigenvalue weighted by Gasteiger charge is -2.10. The summed E-state index contributed by atoms with van der Waals surface area (Å²) in [7, 11) is 3.87. The molecule has 5 rings (SSSR count). The van der Waals surface area contributed by atoms with Gasteiger partial charge in [0.05, 0.1) is 22.5 Å². The second-order valence-electron chi connectivity index (χ2n) is 10.1. The number of hydrogen-bond acceptors (Lipinski definition) is 6. The van der Waals surface area contributed by atoms with Crippen LogP contribution in [0.15, 0.2) is 66.7 Å². The maximum absolute atomic E-state index is 14.2. The van der Waals surface area contributed by atoms with Gasteiger partial charge in [-0.3, -0.25) is 0 Å². The van der Waals surface area contributed by atoms with Crippen molar-refractivity contribution < 1.29 is 28.5 Å². The fraction of sp³-hybridized carbons (Fsp3) is 0.233. The van der Waals surface area contributed by atoms with E-state index in [0.29, 0.717) is 18.2 Å². The number of amides is 2. The largest absolute Gasteiger partial charge is 0.461 e. The number of nitrogens with zero attached hydrogens (tertiary/aromatic N) is 2. The lowest BCUT2D eigenvalue weighted by atomic mass is 10.1. The molecule has 0 saturated heterocycles. The number of carbonyl (C=O) groups excluding carboxylic acids is 3. The molecule has 4 aromatic rings. The van der Waals surface area contributed by atoms with Crippen LogP contribution in [-0.4, -0.2) is 41.7 Å². The van der Waals surface area contributed by atoms with Crippen molar-refractivity contribution in [1.82, 2.24) is 9.47 Å². The van der Waals surface area contributed by atoms with Gasteiger partial charge in [-0.15, -0.1) is 12.4 Å². The Labute approximate surface area is 242 Å². The average molecular weight is 581 g/mol. The van der Waals surface area contributed by atoms with E-state index in [2.05, 4.69) is 10.6 Å². The summed E-state index contributed by atoms with van der Waals surface area (Å²) in [5, 5.41) is 5.73. The maximum atomic E-state index is 14.2. The van der Waals surface area contributed by atoms with E-state index in [9.17, 15) is 18.8 Å². The van der Waals surface area contributed by atoms with E-state index in [1.807, 2.05) is 43.3 Å². The van der Waals surface area contributed by atoms with Gasteiger partial charge >= 0.3 is 18.1 Å². The summed E-state index contributed by atoms with van der Waals surface area (Å²) >= 11 is 0. The Kier molecular flexibility index (Phi) is 8.95. The summed E-state index contributed by atoms with van der Waals surface area (Å²) in [5.74, 6) is -0.809. The molecule has 0 radical (unpaired) electrons. The lowest BCUT2D eigenvalue weighted by molar-refractivity contribution is -0.182. The maximum Gasteiger partial charge on any atom is 0.461 e. The Morgan fingerprint density at radius 2 is 1.63 bits per heavy atom. The molecule has 2 amide bonds. The van der Waals surface area contributed by atoms with Gasteiger partial charge in [0.25, 0.3) is 0 Å². The van der Waals surface area contributed by atoms with Crippen molar-refractivity contribution in [2.75, 3.05) is 24.7 Å². The monoisotopic (exact) mass is 580 g/mol. The third-order valence-electron chi connectivity index (χ3n) is 6.68. The molecule has 0 atom stereocenters. The summed E-state index contributed by atoms with van der Waals surface area (Å²) in [6.07, 6.45) is 1.33. The number of urea groups is 1. The highest BCUT2D eigenvalue weighted by Crippen LogP contribution is 2.40. The van der Waals surface area contributed by atoms with Crippen LogP contribution in [0.1, 0.15) is 45.9 Å². The minimum atomic E-state index is -1.03. The zero-order valence-electron chi connectivity index (χ0n) is 22.8. The molecule has 2 N–H and O–H groups in total. The van der Waals surface area contributed by atoms with Gasteiger partial charge in [0, 0.05) is 17.6 Å². The molecule has 1 aliphatic rings. The first-order valence-electron chi connectivity index (χ1n) is 12.8. The fourth-order valence-corrected chi connectivity index (χ4v) is 4.59. The van der Waals surface area contributed by atoms with Crippen molar-refractivity contribution in [2.24, 2.45) is 0 Å². The Balaban J connectivity index is 0.00000387. The van der Waals surface area contributed by atoms with Gasteiger partial charge in [-0.25, -0.2) is 33.1 Å². The molecule has 0 bridgehead atoms. The van der Waals surface area contributed by atoms with Gasteiger partial charge in [-0.1, -0.05) is 24.3 Å². The van der Waals surface area contributed by atoms with Crippen LogP contribution in [0.4, 0.5) is 25.4 Å². The number of rotatable bonds is 6. The molecular weight excluding hydrogens is 551 g/mol. The van der Waals surface area contributed by atoms with E-state index >= 15 is 0 Å². The van der Waals surface area contributed by atoms with Crippen molar-refractivity contribution in [3.05, 3.63) is 94.9 Å². The van der Waals surface area contributed by atoms with Crippen LogP contribution in [-0.2, 0) is 16.3 Å². The van der Waals surface area contributed by atoms with E-state index in [1.165, 1.54) is 36.6 Å². The van der Waals surface area contributed by atoms with E-state index < -0.39 is 23.9 Å². The topological polar surface area (TPSA) is 102 Å². The van der Waals surface area contributed by atoms with Gasteiger partial charge in [0.15, 0.2) is 0 Å². The van der Waals surface area contributed by atoms with Crippen LogP contribution in [0.5, 0.6) is 0 Å². The van der Waals surface area contributed by atoms with Gasteiger partial charge in [0.2, 0.25) is 0 Å². The molecule has 9 nitrogen and oxygen atoms in total. The molecule has 0 aliphatic heterocycles. The molecular formula is C30H30ClFN4O5. The molecule has 1 heterocycles. The van der Waals surface area contributed by atoms with Crippen LogP contribution in [0.25, 0.3) is 10.9 Å². The minimum Gasteiger partial charge on any atom is -0.308 e. The van der Waals surface area contributed by atoms with Gasteiger partial charge < -0.3 is 15.5 Å². The van der Waals surface area contributed by atoms with Gasteiger partial charge in [-0.2, -0.15) is 0 Å². The van der Waals surface area contributed by atoms with Crippen molar-refractivity contribution in [2.45, 2.75) is 32.2 Å². The SMILES string of the molecule is Cc1c(NC(=O)Nc2ccc(C3CC3)cc2)c2cc(F)ccc2n1C(=O)OOC(=O)c1ccc(CN(C)C)cc1.Cl. The van der Waals surface area contributed by atoms with Crippen molar-refractivity contribution in [3.8, 4) is 0 Å². The predicted molar refractivity (Wildman–Crippen MR) is 156 cm³/mol. The number of hydrogen-bond donors (Lipinski definition) is 2. The zero-order chi connectivity index (χ0) is 28.4. The first-order chi connectivity index (χ1) is 19.2. The van der Waals surface area contributed by atoms with E-state index in [1.54, 1.807) is 31.2 Å². The van der Waals surface area contributed by atoms with E-state index in [0.717, 1.165) is 10.1 Å². The lowest BCUT2D eigenvalue weighted by Crippen LogP contribution is -2.21. The summed E-state index contributed by atoms with van der Waals surface area (Å²) in [5.41, 5.74) is 3.76. The van der Waals surface area contributed by atoms with Gasteiger partial charge in [-0.05, 0) is 93.4 Å². The van der Waals surface area contributed by atoms with E-state index in [-0.39, 0.29) is 40.3 Å². The van der Waals surface area contributed by atoms with Crippen LogP contribution in [0, 0.1) is 12.7 Å². The molecule has 0 unspecified atom stereocenters. The molecule has 11 heteroatoms. The van der Waals surface area contributed by atoms with Crippen LogP contribution in [0.2, 0.25) is 0 Å². The number of benzene rings is 3. The first-order valence-corrected chi connectivity index (χ1v) is 12.8. The standard InChI is InChI=1S/C30H29FN4O5.ClH/c1-18-27(33-29(37)32-24-13-10-21(11-14-24)20-8-9-20)25-16-23(31)12-15-26(25)35(18)30(38)40-39-28(36)22-6-4-19(5-7-22)17-34(2)3;/h4-7,10-16,20H,8-9,17H2,1-3H3,(H2,32,33,37);1H. The molecule has 1 saturated carbocycles. The quantitative estimate of drug-likeness (QED) is 0.191. The van der Waals surface area contributed by atoms with Crippen molar-refractivity contribution >= 4 is 52.8 Å². The summed E-state index contributed by atoms with van der Waals surface area (Å²) < 4.78 is 15.3. The van der Waals surface area contributed by atoms with Crippen molar-refractivity contribution in [3.63, 3.8) is 0 Å². The van der Waals surface area contributed by atoms with Crippen LogP contribution < -0.4 is 10.6 Å². The second-order valence-corrected chi connectivity index (χ2v) is 10.1. The zero-order valence-corrected chi connectivity index (χ0v) is 23.6. The highest BCUT2D eigenvalue weighted by Gasteiger charge is 2.25. The highest BCUT2D eigenvalue weighted by atomic mass is 35.5. The smallest absolute Gasteiger partial charge is 0.308 e. The second kappa shape index (κ2) is 12.4. The highest BCUT2D eigenvalue weighted by molar-refractivity contribution is 6.09. The number of fused-ring (bicyclic) bond motifs is 1. The summed E-state index contributed by atoms with van der Waals surface area (Å²) in [6, 6.07) is 17.5. The number of nitrogens with one attached hydrogen (secondary N) is 2. The summed E-state index contributed by atoms with van der Waals surface area (Å²) in [6.45, 7) is 2.26. The first kappa shape index (κ1) is 29.6. The molecule has 3 aromatic carbocycles. The third-order valence-corrected chi connectivity index (χ3v) is 6.68. The molecule has 1 aliphatic carbocycles. The molecule has 1 fully saturated rings. The molecule has 0 spiro atoms. The number of aromatic nitrogens is 1. The molecule has 41 heavy (non-hydrogen) atoms. The Morgan fingerprint density at radius 3 is 2.27 bits per heavy atom. The van der Waals surface area contributed by atoms with Crippen LogP contribution in [0.3, 0.4) is 0 Å². The fourth-order valence-electron chi connectivity index (χ4n) is 4.59.